The molecule has 4 aromatic rings. The van der Waals surface area contributed by atoms with Crippen molar-refractivity contribution in [1.29, 1.82) is 0 Å². The second-order valence-electron chi connectivity index (χ2n) is 9.51. The highest BCUT2D eigenvalue weighted by Crippen LogP contribution is 2.49. The van der Waals surface area contributed by atoms with Crippen molar-refractivity contribution in [3.63, 3.8) is 0 Å². The SMILES string of the molecule is CCOC(=O)[C@H]1[C@H](C(=O)Oc2cccc3cccc(-c4cccc5cccc(O)c45)c23)[C@H]2C=C[C@@H]1C2. The Kier molecular flexibility index (Phi) is 5.48. The minimum absolute atomic E-state index is 0.00772. The zero-order chi connectivity index (χ0) is 24.8. The summed E-state index contributed by atoms with van der Waals surface area (Å²) in [7, 11) is 0. The number of phenols is 1. The van der Waals surface area contributed by atoms with Gasteiger partial charge in [0.1, 0.15) is 11.5 Å². The average molecular weight is 479 g/mol. The van der Waals surface area contributed by atoms with Crippen LogP contribution in [-0.4, -0.2) is 23.7 Å². The van der Waals surface area contributed by atoms with Crippen LogP contribution in [0.15, 0.2) is 84.9 Å². The van der Waals surface area contributed by atoms with Gasteiger partial charge in [-0.15, -0.1) is 0 Å². The number of carbonyl (C=O) groups is 2. The molecule has 5 heteroatoms. The first-order valence-electron chi connectivity index (χ1n) is 12.4. The summed E-state index contributed by atoms with van der Waals surface area (Å²) in [5.41, 5.74) is 1.71. The van der Waals surface area contributed by atoms with E-state index in [0.717, 1.165) is 39.1 Å². The van der Waals surface area contributed by atoms with E-state index in [4.69, 9.17) is 9.47 Å². The number of allylic oxidation sites excluding steroid dienone is 2. The van der Waals surface area contributed by atoms with Crippen molar-refractivity contribution in [2.24, 2.45) is 23.7 Å². The highest BCUT2D eigenvalue weighted by Gasteiger charge is 2.53. The maximum Gasteiger partial charge on any atom is 0.315 e. The highest BCUT2D eigenvalue weighted by atomic mass is 16.5. The second-order valence-corrected chi connectivity index (χ2v) is 9.51. The number of rotatable bonds is 5. The minimum atomic E-state index is -0.567. The van der Waals surface area contributed by atoms with Gasteiger partial charge in [-0.25, -0.2) is 0 Å². The van der Waals surface area contributed by atoms with Crippen molar-refractivity contribution in [3.05, 3.63) is 84.9 Å². The molecule has 0 spiro atoms. The Morgan fingerprint density at radius 1 is 0.778 bits per heavy atom. The van der Waals surface area contributed by atoms with E-state index in [0.29, 0.717) is 5.75 Å². The van der Waals surface area contributed by atoms with E-state index in [9.17, 15) is 14.7 Å². The van der Waals surface area contributed by atoms with Gasteiger partial charge in [0.15, 0.2) is 0 Å². The normalized spacial score (nSPS) is 22.2. The van der Waals surface area contributed by atoms with Gasteiger partial charge in [-0.05, 0) is 59.2 Å². The lowest BCUT2D eigenvalue weighted by Crippen LogP contribution is -2.36. The van der Waals surface area contributed by atoms with Gasteiger partial charge >= 0.3 is 11.9 Å². The standard InChI is InChI=1S/C31H26O5/c1-2-35-30(33)28-20-15-16-21(17-20)29(28)31(34)36-25-14-6-10-19-8-4-12-23(27(19)25)22-11-3-7-18-9-5-13-24(32)26(18)22/h3-16,20-21,28-29,32H,2,17H2,1H3/t20-,21+,28-,29-/m1/s1. The van der Waals surface area contributed by atoms with E-state index in [1.807, 2.05) is 72.8 Å². The summed E-state index contributed by atoms with van der Waals surface area (Å²) in [4.78, 5) is 26.3. The summed E-state index contributed by atoms with van der Waals surface area (Å²) in [6.45, 7) is 2.06. The van der Waals surface area contributed by atoms with Crippen molar-refractivity contribution in [1.82, 2.24) is 0 Å². The van der Waals surface area contributed by atoms with Gasteiger partial charge in [0.2, 0.25) is 0 Å². The number of phenolic OH excluding ortho intramolecular Hbond substituents is 1. The lowest BCUT2D eigenvalue weighted by molar-refractivity contribution is -0.156. The van der Waals surface area contributed by atoms with Gasteiger partial charge < -0.3 is 14.6 Å². The summed E-state index contributed by atoms with van der Waals surface area (Å²) in [6.07, 6.45) is 4.82. The molecule has 0 aliphatic heterocycles. The molecule has 1 saturated carbocycles. The monoisotopic (exact) mass is 478 g/mol. The minimum Gasteiger partial charge on any atom is -0.507 e. The van der Waals surface area contributed by atoms with Crippen molar-refractivity contribution in [3.8, 4) is 22.6 Å². The molecule has 36 heavy (non-hydrogen) atoms. The first kappa shape index (κ1) is 22.4. The van der Waals surface area contributed by atoms with Gasteiger partial charge in [0.25, 0.3) is 0 Å². The largest absolute Gasteiger partial charge is 0.507 e. The molecular weight excluding hydrogens is 452 g/mol. The molecule has 2 aliphatic rings. The number of carbonyl (C=O) groups excluding carboxylic acids is 2. The lowest BCUT2D eigenvalue weighted by Gasteiger charge is -2.25. The number of esters is 2. The van der Waals surface area contributed by atoms with Gasteiger partial charge in [0.05, 0.1) is 18.4 Å². The molecule has 1 fully saturated rings. The topological polar surface area (TPSA) is 72.8 Å². The fourth-order valence-corrected chi connectivity index (χ4v) is 6.04. The molecule has 0 saturated heterocycles. The predicted molar refractivity (Wildman–Crippen MR) is 139 cm³/mol. The molecule has 5 nitrogen and oxygen atoms in total. The summed E-state index contributed by atoms with van der Waals surface area (Å²) in [5, 5.41) is 14.1. The fourth-order valence-electron chi connectivity index (χ4n) is 6.04. The van der Waals surface area contributed by atoms with Crippen molar-refractivity contribution >= 4 is 33.5 Å². The van der Waals surface area contributed by atoms with E-state index in [-0.39, 0.29) is 30.2 Å². The molecule has 0 amide bonds. The van der Waals surface area contributed by atoms with E-state index in [1.54, 1.807) is 19.1 Å². The molecule has 0 heterocycles. The van der Waals surface area contributed by atoms with Crippen LogP contribution in [-0.2, 0) is 14.3 Å². The van der Waals surface area contributed by atoms with Gasteiger partial charge in [-0.3, -0.25) is 9.59 Å². The third-order valence-corrected chi connectivity index (χ3v) is 7.54. The summed E-state index contributed by atoms with van der Waals surface area (Å²) in [6, 6.07) is 22.9. The third kappa shape index (κ3) is 3.54. The number of fused-ring (bicyclic) bond motifs is 4. The molecule has 0 radical (unpaired) electrons. The zero-order valence-corrected chi connectivity index (χ0v) is 19.9. The molecule has 180 valence electrons. The van der Waals surface area contributed by atoms with Crippen LogP contribution in [0.3, 0.4) is 0 Å². The van der Waals surface area contributed by atoms with Crippen LogP contribution in [0.4, 0.5) is 0 Å². The van der Waals surface area contributed by atoms with Crippen LogP contribution in [0.25, 0.3) is 32.7 Å². The Balaban J connectivity index is 1.44. The number of hydrogen-bond acceptors (Lipinski definition) is 5. The van der Waals surface area contributed by atoms with Crippen molar-refractivity contribution in [2.45, 2.75) is 13.3 Å². The van der Waals surface area contributed by atoms with Crippen LogP contribution in [0.1, 0.15) is 13.3 Å². The van der Waals surface area contributed by atoms with E-state index in [2.05, 4.69) is 0 Å². The highest BCUT2D eigenvalue weighted by molar-refractivity contribution is 6.09. The third-order valence-electron chi connectivity index (χ3n) is 7.54. The van der Waals surface area contributed by atoms with Crippen molar-refractivity contribution in [2.75, 3.05) is 6.61 Å². The van der Waals surface area contributed by atoms with E-state index < -0.39 is 17.8 Å². The molecule has 4 atom stereocenters. The maximum absolute atomic E-state index is 13.6. The Morgan fingerprint density at radius 3 is 2.00 bits per heavy atom. The second kappa shape index (κ2) is 8.83. The fraction of sp³-hybridized carbons (Fsp3) is 0.226. The Morgan fingerprint density at radius 2 is 1.33 bits per heavy atom. The lowest BCUT2D eigenvalue weighted by atomic mass is 9.83. The van der Waals surface area contributed by atoms with Crippen LogP contribution < -0.4 is 4.74 Å². The number of benzene rings is 4. The predicted octanol–water partition coefficient (Wildman–Crippen LogP) is 6.27. The smallest absolute Gasteiger partial charge is 0.315 e. The van der Waals surface area contributed by atoms with Crippen LogP contribution in [0.5, 0.6) is 11.5 Å². The first-order chi connectivity index (χ1) is 17.6. The Labute approximate surface area is 209 Å². The average Bonchev–Trinajstić information content (AvgIpc) is 3.51. The molecule has 2 aliphatic carbocycles. The zero-order valence-electron chi connectivity index (χ0n) is 19.9. The Bertz CT molecular complexity index is 1520. The van der Waals surface area contributed by atoms with Crippen LogP contribution in [0, 0.1) is 23.7 Å². The van der Waals surface area contributed by atoms with Crippen molar-refractivity contribution < 1.29 is 24.2 Å². The molecule has 6 rings (SSSR count). The maximum atomic E-state index is 13.6. The molecular formula is C31H26O5. The quantitative estimate of drug-likeness (QED) is 0.208. The summed E-state index contributed by atoms with van der Waals surface area (Å²) < 4.78 is 11.4. The van der Waals surface area contributed by atoms with E-state index >= 15 is 0 Å². The molecule has 2 bridgehead atoms. The summed E-state index contributed by atoms with van der Waals surface area (Å²) in [5.74, 6) is -1.21. The number of ether oxygens (including phenoxy) is 2. The molecule has 1 N–H and O–H groups in total. The molecule has 4 aromatic carbocycles. The van der Waals surface area contributed by atoms with Gasteiger partial charge in [-0.1, -0.05) is 72.8 Å². The Hall–Kier alpha value is -4.12. The van der Waals surface area contributed by atoms with Crippen LogP contribution >= 0.6 is 0 Å². The molecule has 0 unspecified atom stereocenters. The van der Waals surface area contributed by atoms with Gasteiger partial charge in [-0.2, -0.15) is 0 Å². The molecule has 0 aromatic heterocycles. The van der Waals surface area contributed by atoms with E-state index in [1.165, 1.54) is 0 Å². The number of hydrogen-bond donors (Lipinski definition) is 1. The van der Waals surface area contributed by atoms with Gasteiger partial charge in [0, 0.05) is 10.8 Å². The first-order valence-corrected chi connectivity index (χ1v) is 12.4. The summed E-state index contributed by atoms with van der Waals surface area (Å²) >= 11 is 0. The number of aromatic hydroxyl groups is 1. The van der Waals surface area contributed by atoms with Crippen LogP contribution in [0.2, 0.25) is 0 Å².